The van der Waals surface area contributed by atoms with Crippen molar-refractivity contribution in [2.75, 3.05) is 0 Å². The van der Waals surface area contributed by atoms with Crippen molar-refractivity contribution in [1.82, 2.24) is 0 Å². The van der Waals surface area contributed by atoms with Gasteiger partial charge in [-0.3, -0.25) is 0 Å². The summed E-state index contributed by atoms with van der Waals surface area (Å²) in [4.78, 5) is 0. The standard InChI is InChI=1S/C6H12.2C2H6/c1-5(2)6-3-4-6;2*1-2/h5-6H,3-4H2,1-2H3;2*1-2H3. The molecule has 0 saturated heterocycles. The summed E-state index contributed by atoms with van der Waals surface area (Å²) in [7, 11) is 0. The predicted octanol–water partition coefficient (Wildman–Crippen LogP) is 4.10. The van der Waals surface area contributed by atoms with Crippen LogP contribution in [0.15, 0.2) is 0 Å². The van der Waals surface area contributed by atoms with E-state index in [-0.39, 0.29) is 0 Å². The van der Waals surface area contributed by atoms with Gasteiger partial charge in [-0.15, -0.1) is 0 Å². The van der Waals surface area contributed by atoms with Gasteiger partial charge in [-0.1, -0.05) is 41.5 Å². The van der Waals surface area contributed by atoms with Gasteiger partial charge in [-0.25, -0.2) is 0 Å². The summed E-state index contributed by atoms with van der Waals surface area (Å²) < 4.78 is 0. The summed E-state index contributed by atoms with van der Waals surface area (Å²) in [5.41, 5.74) is 0. The van der Waals surface area contributed by atoms with E-state index in [1.54, 1.807) is 0 Å². The summed E-state index contributed by atoms with van der Waals surface area (Å²) in [6.07, 6.45) is 3.00. The molecule has 0 radical (unpaired) electrons. The fourth-order valence-corrected chi connectivity index (χ4v) is 0.763. The van der Waals surface area contributed by atoms with Crippen LogP contribution in [0.3, 0.4) is 0 Å². The molecule has 0 heteroatoms. The quantitative estimate of drug-likeness (QED) is 0.519. The molecule has 1 aliphatic rings. The first-order chi connectivity index (χ1) is 4.80. The molecule has 0 aliphatic heterocycles. The van der Waals surface area contributed by atoms with E-state index in [9.17, 15) is 0 Å². The van der Waals surface area contributed by atoms with Crippen molar-refractivity contribution >= 4 is 0 Å². The Morgan fingerprint density at radius 1 is 0.900 bits per heavy atom. The lowest BCUT2D eigenvalue weighted by Crippen LogP contribution is -1.85. The molecule has 0 atom stereocenters. The average Bonchev–Trinajstić information content (AvgIpc) is 2.78. The minimum atomic E-state index is 0.963. The molecule has 0 aromatic rings. The fourth-order valence-electron chi connectivity index (χ4n) is 0.763. The molecule has 0 aromatic carbocycles. The Balaban J connectivity index is 0. The lowest BCUT2D eigenvalue weighted by molar-refractivity contribution is 0.563. The van der Waals surface area contributed by atoms with E-state index < -0.39 is 0 Å². The third-order valence-corrected chi connectivity index (χ3v) is 1.56. The number of rotatable bonds is 1. The molecule has 0 heterocycles. The largest absolute Gasteiger partial charge is 0.0683 e. The van der Waals surface area contributed by atoms with Crippen molar-refractivity contribution in [3.63, 3.8) is 0 Å². The zero-order valence-corrected chi connectivity index (χ0v) is 8.57. The highest BCUT2D eigenvalue weighted by atomic mass is 14.3. The van der Waals surface area contributed by atoms with Crippen LogP contribution in [0.2, 0.25) is 0 Å². The van der Waals surface area contributed by atoms with E-state index in [1.807, 2.05) is 27.7 Å². The van der Waals surface area contributed by atoms with Crippen molar-refractivity contribution in [3.8, 4) is 0 Å². The van der Waals surface area contributed by atoms with Crippen LogP contribution in [0.1, 0.15) is 54.4 Å². The highest BCUT2D eigenvalue weighted by Crippen LogP contribution is 2.35. The molecule has 1 fully saturated rings. The van der Waals surface area contributed by atoms with Gasteiger partial charge in [0.15, 0.2) is 0 Å². The Labute approximate surface area is 67.0 Å². The minimum absolute atomic E-state index is 0.963. The molecule has 0 N–H and O–H groups in total. The van der Waals surface area contributed by atoms with Gasteiger partial charge in [0.2, 0.25) is 0 Å². The first-order valence-corrected chi connectivity index (χ1v) is 4.80. The van der Waals surface area contributed by atoms with Gasteiger partial charge >= 0.3 is 0 Å². The van der Waals surface area contributed by atoms with Crippen LogP contribution in [0.5, 0.6) is 0 Å². The first kappa shape index (κ1) is 12.7. The summed E-state index contributed by atoms with van der Waals surface area (Å²) in [6, 6.07) is 0. The average molecular weight is 144 g/mol. The van der Waals surface area contributed by atoms with Gasteiger partial charge in [0.25, 0.3) is 0 Å². The highest BCUT2D eigenvalue weighted by molar-refractivity contribution is 4.75. The molecule has 0 spiro atoms. The van der Waals surface area contributed by atoms with E-state index in [4.69, 9.17) is 0 Å². The first-order valence-electron chi connectivity index (χ1n) is 4.80. The number of hydrogen-bond donors (Lipinski definition) is 0. The summed E-state index contributed by atoms with van der Waals surface area (Å²) in [6.45, 7) is 12.6. The predicted molar refractivity (Wildman–Crippen MR) is 50.3 cm³/mol. The second-order valence-corrected chi connectivity index (χ2v) is 2.58. The molecule has 1 rings (SSSR count). The van der Waals surface area contributed by atoms with E-state index >= 15 is 0 Å². The molecule has 0 bridgehead atoms. The van der Waals surface area contributed by atoms with Crippen molar-refractivity contribution in [1.29, 1.82) is 0 Å². The Hall–Kier alpha value is 0. The van der Waals surface area contributed by atoms with Crippen molar-refractivity contribution < 1.29 is 0 Å². The van der Waals surface area contributed by atoms with Crippen LogP contribution < -0.4 is 0 Å². The Kier molecular flexibility index (Phi) is 11.4. The molecule has 0 unspecified atom stereocenters. The Morgan fingerprint density at radius 3 is 1.20 bits per heavy atom. The van der Waals surface area contributed by atoms with Crippen molar-refractivity contribution in [3.05, 3.63) is 0 Å². The topological polar surface area (TPSA) is 0 Å². The molecule has 0 amide bonds. The van der Waals surface area contributed by atoms with E-state index in [0.717, 1.165) is 11.8 Å². The summed E-state index contributed by atoms with van der Waals surface area (Å²) >= 11 is 0. The van der Waals surface area contributed by atoms with Crippen LogP contribution in [0.4, 0.5) is 0 Å². The van der Waals surface area contributed by atoms with E-state index in [0.29, 0.717) is 0 Å². The van der Waals surface area contributed by atoms with Crippen molar-refractivity contribution in [2.24, 2.45) is 11.8 Å². The summed E-state index contributed by atoms with van der Waals surface area (Å²) in [5.74, 6) is 2.06. The normalized spacial score (nSPS) is 14.7. The van der Waals surface area contributed by atoms with E-state index in [2.05, 4.69) is 13.8 Å². The SMILES string of the molecule is CC.CC.CC(C)C1CC1. The maximum atomic E-state index is 2.30. The molecule has 1 saturated carbocycles. The maximum absolute atomic E-state index is 2.30. The molecule has 64 valence electrons. The second-order valence-electron chi connectivity index (χ2n) is 2.58. The highest BCUT2D eigenvalue weighted by Gasteiger charge is 2.23. The molecule has 10 heavy (non-hydrogen) atoms. The van der Waals surface area contributed by atoms with Gasteiger partial charge in [-0.2, -0.15) is 0 Å². The molecule has 0 aromatic heterocycles. The van der Waals surface area contributed by atoms with E-state index in [1.165, 1.54) is 12.8 Å². The zero-order chi connectivity index (χ0) is 8.57. The van der Waals surface area contributed by atoms with Crippen LogP contribution in [-0.4, -0.2) is 0 Å². The lowest BCUT2D eigenvalue weighted by Gasteiger charge is -1.94. The van der Waals surface area contributed by atoms with Crippen LogP contribution in [0.25, 0.3) is 0 Å². The van der Waals surface area contributed by atoms with Gasteiger partial charge in [0.05, 0.1) is 0 Å². The molecular formula is C10H24. The molecule has 0 nitrogen and oxygen atoms in total. The van der Waals surface area contributed by atoms with Gasteiger partial charge in [0, 0.05) is 0 Å². The van der Waals surface area contributed by atoms with Crippen molar-refractivity contribution in [2.45, 2.75) is 54.4 Å². The van der Waals surface area contributed by atoms with Crippen LogP contribution in [-0.2, 0) is 0 Å². The maximum Gasteiger partial charge on any atom is -0.0391 e. The lowest BCUT2D eigenvalue weighted by atomic mass is 10.1. The smallest absolute Gasteiger partial charge is 0.0391 e. The van der Waals surface area contributed by atoms with Crippen LogP contribution in [0, 0.1) is 11.8 Å². The fraction of sp³-hybridized carbons (Fsp3) is 1.00. The third kappa shape index (κ3) is 8.00. The Morgan fingerprint density at radius 2 is 1.20 bits per heavy atom. The Bertz CT molecular complexity index is 42.0. The van der Waals surface area contributed by atoms with Crippen LogP contribution >= 0.6 is 0 Å². The van der Waals surface area contributed by atoms with Gasteiger partial charge in [0.1, 0.15) is 0 Å². The molecule has 1 aliphatic carbocycles. The third-order valence-electron chi connectivity index (χ3n) is 1.56. The second kappa shape index (κ2) is 9.00. The zero-order valence-electron chi connectivity index (χ0n) is 8.57. The molecular weight excluding hydrogens is 120 g/mol. The minimum Gasteiger partial charge on any atom is -0.0683 e. The number of hydrogen-bond acceptors (Lipinski definition) is 0. The van der Waals surface area contributed by atoms with Gasteiger partial charge in [-0.05, 0) is 24.7 Å². The summed E-state index contributed by atoms with van der Waals surface area (Å²) in [5, 5.41) is 0. The van der Waals surface area contributed by atoms with Gasteiger partial charge < -0.3 is 0 Å². The monoisotopic (exact) mass is 144 g/mol.